The minimum atomic E-state index is -0.0958. The molecule has 346 valence electrons. The van der Waals surface area contributed by atoms with Gasteiger partial charge in [0.25, 0.3) is 0 Å². The predicted molar refractivity (Wildman–Crippen MR) is 293 cm³/mol. The van der Waals surface area contributed by atoms with Crippen molar-refractivity contribution in [1.82, 2.24) is 23.7 Å². The van der Waals surface area contributed by atoms with E-state index in [0.29, 0.717) is 11.8 Å². The average molecular weight is 920 g/mol. The molecule has 11 aromatic rings. The van der Waals surface area contributed by atoms with Crippen molar-refractivity contribution in [3.63, 3.8) is 0 Å². The molecular weight excluding hydrogens is 863 g/mol. The summed E-state index contributed by atoms with van der Waals surface area (Å²) in [6.07, 6.45) is 13.1. The number of aromatic nitrogens is 5. The Morgan fingerprint density at radius 3 is 1.38 bits per heavy atom. The molecule has 4 heterocycles. The number of fused-ring (bicyclic) bond motifs is 7. The summed E-state index contributed by atoms with van der Waals surface area (Å²) in [5.41, 5.74) is 20.9. The van der Waals surface area contributed by atoms with E-state index in [1.807, 2.05) is 0 Å². The highest BCUT2D eigenvalue weighted by molar-refractivity contribution is 5.98. The minimum absolute atomic E-state index is 0.0958. The molecule has 8 aromatic carbocycles. The van der Waals surface area contributed by atoms with Gasteiger partial charge in [0.05, 0.1) is 33.3 Å². The number of nitrogens with zero attached hydrogens (tertiary/aromatic N) is 5. The van der Waals surface area contributed by atoms with Gasteiger partial charge in [0.15, 0.2) is 0 Å². The molecule has 0 atom stereocenters. The molecule has 2 aliphatic carbocycles. The Morgan fingerprint density at radius 2 is 0.859 bits per heavy atom. The summed E-state index contributed by atoms with van der Waals surface area (Å²) in [7, 11) is 0. The molecule has 0 amide bonds. The Kier molecular flexibility index (Phi) is 10.1. The Hall–Kier alpha value is -7.76. The third-order valence-electron chi connectivity index (χ3n) is 16.9. The lowest BCUT2D eigenvalue weighted by Crippen LogP contribution is -2.48. The van der Waals surface area contributed by atoms with Gasteiger partial charge >= 0.3 is 0 Å². The van der Waals surface area contributed by atoms with Crippen LogP contribution in [0.5, 0.6) is 0 Å². The third kappa shape index (κ3) is 6.65. The van der Waals surface area contributed by atoms with Gasteiger partial charge in [-0.2, -0.15) is 0 Å². The summed E-state index contributed by atoms with van der Waals surface area (Å²) in [5.74, 6) is 3.10. The topological polar surface area (TPSA) is 40.6 Å². The normalized spacial score (nSPS) is 16.0. The van der Waals surface area contributed by atoms with Crippen molar-refractivity contribution in [3.05, 3.63) is 205 Å². The standard InChI is InChI=1S/C66H57N5/c1-44-56-42-49(45-30-36-53(37-31-45)69-61-28-16-14-26-58(61)67-64(69)47-18-6-2-7-19-47)35-41-60(56)71-63(44)55-40-34-50(43-57(55)66(71,51-22-10-4-11-23-51)52-24-12-5-13-25-52)46-32-38-54(39-33-46)70-62-29-17-15-27-59(62)68-65(70)48-20-8-3-9-21-48/h2-3,6-9,14-21,26-43,51-52H,4-5,10-13,22-25H2,1H3. The molecule has 3 aliphatic rings. The Bertz CT molecular complexity index is 3750. The number of aryl methyl sites for hydroxylation is 1. The van der Waals surface area contributed by atoms with Crippen LogP contribution < -0.4 is 0 Å². The third-order valence-corrected chi connectivity index (χ3v) is 16.9. The fraction of sp³-hybridized carbons (Fsp3) is 0.212. The van der Waals surface area contributed by atoms with Gasteiger partial charge in [0.2, 0.25) is 0 Å². The number of rotatable bonds is 8. The summed E-state index contributed by atoms with van der Waals surface area (Å²) in [4.78, 5) is 10.2. The van der Waals surface area contributed by atoms with E-state index in [1.165, 1.54) is 114 Å². The van der Waals surface area contributed by atoms with Gasteiger partial charge in [-0.05, 0) is 145 Å². The second kappa shape index (κ2) is 17.0. The van der Waals surface area contributed by atoms with Crippen molar-refractivity contribution < 1.29 is 0 Å². The molecule has 14 rings (SSSR count). The van der Waals surface area contributed by atoms with Crippen LogP contribution in [0.4, 0.5) is 0 Å². The number of imidazole rings is 2. The van der Waals surface area contributed by atoms with Crippen LogP contribution in [0.25, 0.3) is 101 Å². The van der Waals surface area contributed by atoms with Crippen LogP contribution >= 0.6 is 0 Å². The summed E-state index contributed by atoms with van der Waals surface area (Å²) in [5, 5.41) is 1.39. The molecule has 5 nitrogen and oxygen atoms in total. The first-order valence-electron chi connectivity index (χ1n) is 26.2. The second-order valence-corrected chi connectivity index (χ2v) is 20.6. The lowest BCUT2D eigenvalue weighted by Gasteiger charge is -2.49. The average Bonchev–Trinajstić information content (AvgIpc) is 4.20. The van der Waals surface area contributed by atoms with E-state index in [-0.39, 0.29) is 5.54 Å². The number of hydrogen-bond acceptors (Lipinski definition) is 2. The molecule has 3 aromatic heterocycles. The summed E-state index contributed by atoms with van der Waals surface area (Å²) in [6.45, 7) is 2.41. The molecule has 0 radical (unpaired) electrons. The highest BCUT2D eigenvalue weighted by Gasteiger charge is 2.54. The summed E-state index contributed by atoms with van der Waals surface area (Å²) < 4.78 is 7.57. The summed E-state index contributed by atoms with van der Waals surface area (Å²) in [6, 6.07) is 71.5. The molecule has 0 spiro atoms. The number of benzene rings is 8. The molecule has 2 saturated carbocycles. The maximum absolute atomic E-state index is 5.14. The van der Waals surface area contributed by atoms with Gasteiger partial charge in [-0.3, -0.25) is 9.13 Å². The molecule has 0 N–H and O–H groups in total. The molecular formula is C66H57N5. The van der Waals surface area contributed by atoms with Crippen LogP contribution in [0.2, 0.25) is 0 Å². The van der Waals surface area contributed by atoms with Gasteiger partial charge in [-0.25, -0.2) is 9.97 Å². The molecule has 71 heavy (non-hydrogen) atoms. The maximum atomic E-state index is 5.14. The lowest BCUT2D eigenvalue weighted by atomic mass is 9.61. The van der Waals surface area contributed by atoms with E-state index >= 15 is 0 Å². The fourth-order valence-corrected chi connectivity index (χ4v) is 13.7. The van der Waals surface area contributed by atoms with Crippen LogP contribution in [0.1, 0.15) is 75.3 Å². The van der Waals surface area contributed by atoms with Crippen molar-refractivity contribution in [1.29, 1.82) is 0 Å². The first-order valence-corrected chi connectivity index (χ1v) is 26.2. The second-order valence-electron chi connectivity index (χ2n) is 20.6. The SMILES string of the molecule is Cc1c2n(c3ccc(-c4ccc(-n5c(-c6ccccc6)nc6ccccc65)cc4)cc13)C(C1CCCCC1)(C1CCCCC1)c1cc(-c3ccc(-n4c(-c5ccccc5)nc5ccccc54)cc3)ccc1-2. The highest BCUT2D eigenvalue weighted by Crippen LogP contribution is 2.61. The van der Waals surface area contributed by atoms with Crippen molar-refractivity contribution in [2.45, 2.75) is 76.7 Å². The highest BCUT2D eigenvalue weighted by atomic mass is 15.1. The van der Waals surface area contributed by atoms with E-state index in [4.69, 9.17) is 9.97 Å². The largest absolute Gasteiger partial charge is 0.329 e. The first kappa shape index (κ1) is 42.1. The van der Waals surface area contributed by atoms with Crippen LogP contribution in [0.3, 0.4) is 0 Å². The van der Waals surface area contributed by atoms with E-state index in [0.717, 1.165) is 56.2 Å². The van der Waals surface area contributed by atoms with Crippen molar-refractivity contribution in [2.75, 3.05) is 0 Å². The van der Waals surface area contributed by atoms with Gasteiger partial charge < -0.3 is 4.57 Å². The molecule has 0 unspecified atom stereocenters. The smallest absolute Gasteiger partial charge is 0.145 e. The van der Waals surface area contributed by atoms with Crippen LogP contribution in [-0.2, 0) is 5.54 Å². The van der Waals surface area contributed by atoms with Crippen molar-refractivity contribution in [3.8, 4) is 67.7 Å². The Labute approximate surface area is 416 Å². The molecule has 5 heteroatoms. The zero-order valence-corrected chi connectivity index (χ0v) is 40.4. The number of para-hydroxylation sites is 4. The molecule has 0 saturated heterocycles. The monoisotopic (exact) mass is 919 g/mol. The minimum Gasteiger partial charge on any atom is -0.329 e. The maximum Gasteiger partial charge on any atom is 0.145 e. The van der Waals surface area contributed by atoms with Crippen molar-refractivity contribution in [2.24, 2.45) is 11.8 Å². The summed E-state index contributed by atoms with van der Waals surface area (Å²) >= 11 is 0. The Balaban J connectivity index is 0.883. The van der Waals surface area contributed by atoms with Gasteiger partial charge in [-0.1, -0.05) is 166 Å². The first-order chi connectivity index (χ1) is 35.1. The van der Waals surface area contributed by atoms with E-state index in [9.17, 15) is 0 Å². The molecule has 0 bridgehead atoms. The number of hydrogen-bond donors (Lipinski definition) is 0. The fourth-order valence-electron chi connectivity index (χ4n) is 13.7. The van der Waals surface area contributed by atoms with E-state index in [2.05, 4.69) is 215 Å². The van der Waals surface area contributed by atoms with Gasteiger partial charge in [0, 0.05) is 39.0 Å². The van der Waals surface area contributed by atoms with Gasteiger partial charge in [-0.15, -0.1) is 0 Å². The van der Waals surface area contributed by atoms with Gasteiger partial charge in [0.1, 0.15) is 11.6 Å². The van der Waals surface area contributed by atoms with E-state index in [1.54, 1.807) is 5.56 Å². The Morgan fingerprint density at radius 1 is 0.408 bits per heavy atom. The molecule has 1 aliphatic heterocycles. The zero-order valence-electron chi connectivity index (χ0n) is 40.4. The zero-order chi connectivity index (χ0) is 47.0. The predicted octanol–water partition coefficient (Wildman–Crippen LogP) is 17.2. The van der Waals surface area contributed by atoms with Crippen molar-refractivity contribution >= 4 is 33.0 Å². The lowest BCUT2D eigenvalue weighted by molar-refractivity contribution is 0.0817. The molecule has 2 fully saturated rings. The quantitative estimate of drug-likeness (QED) is 0.152. The van der Waals surface area contributed by atoms with Crippen LogP contribution in [-0.4, -0.2) is 23.7 Å². The van der Waals surface area contributed by atoms with Crippen LogP contribution in [0.15, 0.2) is 194 Å². The van der Waals surface area contributed by atoms with E-state index < -0.39 is 0 Å². The van der Waals surface area contributed by atoms with Crippen LogP contribution in [0, 0.1) is 18.8 Å².